The Kier molecular flexibility index (Phi) is 4.86. The van der Waals surface area contributed by atoms with Gasteiger partial charge in [-0.3, -0.25) is 4.90 Å². The first-order chi connectivity index (χ1) is 10.6. The minimum Gasteiger partial charge on any atom is -0.376 e. The molecule has 0 bridgehead atoms. The van der Waals surface area contributed by atoms with Crippen molar-refractivity contribution in [2.45, 2.75) is 58.3 Å². The van der Waals surface area contributed by atoms with Crippen LogP contribution in [0.25, 0.3) is 0 Å². The maximum Gasteiger partial charge on any atom is 0.0836 e. The molecule has 0 saturated carbocycles. The predicted molar refractivity (Wildman–Crippen MR) is 89.1 cm³/mol. The fourth-order valence-electron chi connectivity index (χ4n) is 3.77. The van der Waals surface area contributed by atoms with Crippen molar-refractivity contribution < 1.29 is 9.47 Å². The molecule has 0 radical (unpaired) electrons. The molecule has 1 aromatic carbocycles. The monoisotopic (exact) mass is 303 g/mol. The first-order valence-electron chi connectivity index (χ1n) is 8.64. The van der Waals surface area contributed by atoms with E-state index in [2.05, 4.69) is 43.9 Å². The van der Waals surface area contributed by atoms with Gasteiger partial charge in [-0.05, 0) is 50.3 Å². The number of piperidine rings is 1. The van der Waals surface area contributed by atoms with Crippen molar-refractivity contribution in [1.29, 1.82) is 0 Å². The van der Waals surface area contributed by atoms with Gasteiger partial charge >= 0.3 is 0 Å². The molecule has 2 aliphatic rings. The highest BCUT2D eigenvalue weighted by molar-refractivity contribution is 5.29. The summed E-state index contributed by atoms with van der Waals surface area (Å²) in [5.74, 6) is 0. The number of nitrogens with zero attached hydrogens (tertiary/aromatic N) is 1. The molecule has 1 spiro atoms. The Bertz CT molecular complexity index is 506. The van der Waals surface area contributed by atoms with Crippen LogP contribution in [0, 0.1) is 13.8 Å². The van der Waals surface area contributed by atoms with Crippen LogP contribution in [0.1, 0.15) is 42.9 Å². The van der Waals surface area contributed by atoms with Gasteiger partial charge in [-0.2, -0.15) is 0 Å². The number of likely N-dealkylation sites (tertiary alicyclic amines) is 1. The third kappa shape index (κ3) is 3.53. The smallest absolute Gasteiger partial charge is 0.0836 e. The fraction of sp³-hybridized carbons (Fsp3) is 0.684. The number of ether oxygens (including phenoxy) is 2. The van der Waals surface area contributed by atoms with E-state index < -0.39 is 0 Å². The lowest BCUT2D eigenvalue weighted by molar-refractivity contribution is -0.0464. The lowest BCUT2D eigenvalue weighted by atomic mass is 9.87. The van der Waals surface area contributed by atoms with Crippen LogP contribution >= 0.6 is 0 Å². The predicted octanol–water partition coefficient (Wildman–Crippen LogP) is 3.46. The van der Waals surface area contributed by atoms with Crippen LogP contribution in [0.2, 0.25) is 0 Å². The Hall–Kier alpha value is -0.900. The summed E-state index contributed by atoms with van der Waals surface area (Å²) in [5.41, 5.74) is 4.30. The second kappa shape index (κ2) is 6.69. The summed E-state index contributed by atoms with van der Waals surface area (Å²) in [5, 5.41) is 0. The maximum atomic E-state index is 6.13. The van der Waals surface area contributed by atoms with Crippen molar-refractivity contribution in [3.8, 4) is 0 Å². The summed E-state index contributed by atoms with van der Waals surface area (Å²) < 4.78 is 11.9. The second-order valence-electron chi connectivity index (χ2n) is 6.97. The summed E-state index contributed by atoms with van der Waals surface area (Å²) in [6, 6.07) is 6.84. The number of hydrogen-bond donors (Lipinski definition) is 0. The molecule has 2 aliphatic heterocycles. The van der Waals surface area contributed by atoms with Crippen molar-refractivity contribution >= 4 is 0 Å². The van der Waals surface area contributed by atoms with Crippen LogP contribution in [0.5, 0.6) is 0 Å². The molecule has 2 heterocycles. The Labute approximate surface area is 134 Å². The van der Waals surface area contributed by atoms with Crippen LogP contribution in [-0.4, -0.2) is 42.9 Å². The molecule has 1 aromatic rings. The minimum absolute atomic E-state index is 0.0968. The van der Waals surface area contributed by atoms with Crippen molar-refractivity contribution in [2.24, 2.45) is 0 Å². The van der Waals surface area contributed by atoms with E-state index in [1.165, 1.54) is 16.7 Å². The lowest BCUT2D eigenvalue weighted by Crippen LogP contribution is -2.43. The lowest BCUT2D eigenvalue weighted by Gasteiger charge is -2.38. The van der Waals surface area contributed by atoms with Gasteiger partial charge in [0.15, 0.2) is 0 Å². The average Bonchev–Trinajstić information content (AvgIpc) is 2.89. The molecule has 2 saturated heterocycles. The van der Waals surface area contributed by atoms with E-state index in [1.54, 1.807) is 0 Å². The summed E-state index contributed by atoms with van der Waals surface area (Å²) in [6.45, 7) is 11.3. The van der Waals surface area contributed by atoms with Crippen molar-refractivity contribution in [3.63, 3.8) is 0 Å². The van der Waals surface area contributed by atoms with Gasteiger partial charge in [0.25, 0.3) is 0 Å². The van der Waals surface area contributed by atoms with Crippen LogP contribution in [0.3, 0.4) is 0 Å². The standard InChI is InChI=1S/C19H29NO2/c1-4-21-18-12-19(22-14-18)7-9-20(10-8-19)13-17-6-5-15(2)16(3)11-17/h5-6,11,18H,4,7-10,12-14H2,1-3H3/t18-/m0/s1. The van der Waals surface area contributed by atoms with E-state index in [0.29, 0.717) is 6.10 Å². The Morgan fingerprint density at radius 2 is 2.00 bits per heavy atom. The van der Waals surface area contributed by atoms with Gasteiger partial charge in [0.1, 0.15) is 0 Å². The molecule has 0 aliphatic carbocycles. The Morgan fingerprint density at radius 3 is 2.68 bits per heavy atom. The minimum atomic E-state index is 0.0968. The number of aryl methyl sites for hydroxylation is 2. The highest BCUT2D eigenvalue weighted by atomic mass is 16.6. The molecule has 2 fully saturated rings. The van der Waals surface area contributed by atoms with Crippen LogP contribution in [-0.2, 0) is 16.0 Å². The van der Waals surface area contributed by atoms with E-state index in [1.807, 2.05) is 0 Å². The van der Waals surface area contributed by atoms with Gasteiger partial charge in [-0.25, -0.2) is 0 Å². The highest BCUT2D eigenvalue weighted by Gasteiger charge is 2.42. The molecule has 3 rings (SSSR count). The molecule has 22 heavy (non-hydrogen) atoms. The molecule has 1 atom stereocenters. The third-order valence-corrected chi connectivity index (χ3v) is 5.32. The maximum absolute atomic E-state index is 6.13. The molecule has 3 heteroatoms. The van der Waals surface area contributed by atoms with Gasteiger partial charge in [-0.1, -0.05) is 18.2 Å². The molecular formula is C19H29NO2. The normalized spacial score (nSPS) is 25.0. The Morgan fingerprint density at radius 1 is 1.23 bits per heavy atom. The van der Waals surface area contributed by atoms with E-state index >= 15 is 0 Å². The van der Waals surface area contributed by atoms with Gasteiger partial charge in [0.2, 0.25) is 0 Å². The van der Waals surface area contributed by atoms with E-state index in [4.69, 9.17) is 9.47 Å². The zero-order valence-corrected chi connectivity index (χ0v) is 14.2. The van der Waals surface area contributed by atoms with E-state index in [-0.39, 0.29) is 5.60 Å². The van der Waals surface area contributed by atoms with Gasteiger partial charge < -0.3 is 9.47 Å². The van der Waals surface area contributed by atoms with Crippen LogP contribution < -0.4 is 0 Å². The first kappa shape index (κ1) is 16.0. The van der Waals surface area contributed by atoms with Gasteiger partial charge in [-0.15, -0.1) is 0 Å². The topological polar surface area (TPSA) is 21.7 Å². The zero-order chi connectivity index (χ0) is 15.6. The summed E-state index contributed by atoms with van der Waals surface area (Å²) in [4.78, 5) is 2.56. The zero-order valence-electron chi connectivity index (χ0n) is 14.2. The van der Waals surface area contributed by atoms with E-state index in [9.17, 15) is 0 Å². The summed E-state index contributed by atoms with van der Waals surface area (Å²) in [7, 11) is 0. The molecule has 0 aromatic heterocycles. The molecule has 0 N–H and O–H groups in total. The number of hydrogen-bond acceptors (Lipinski definition) is 3. The first-order valence-corrected chi connectivity index (χ1v) is 8.64. The SMILES string of the molecule is CCO[C@@H]1COC2(CCN(Cc3ccc(C)c(C)c3)CC2)C1. The van der Waals surface area contributed by atoms with Crippen molar-refractivity contribution in [1.82, 2.24) is 4.90 Å². The number of benzene rings is 1. The average molecular weight is 303 g/mol. The van der Waals surface area contributed by atoms with Gasteiger partial charge in [0, 0.05) is 32.7 Å². The van der Waals surface area contributed by atoms with Crippen molar-refractivity contribution in [2.75, 3.05) is 26.3 Å². The van der Waals surface area contributed by atoms with Crippen LogP contribution in [0.4, 0.5) is 0 Å². The molecule has 122 valence electrons. The fourth-order valence-corrected chi connectivity index (χ4v) is 3.77. The van der Waals surface area contributed by atoms with Crippen LogP contribution in [0.15, 0.2) is 18.2 Å². The number of rotatable bonds is 4. The molecule has 0 unspecified atom stereocenters. The van der Waals surface area contributed by atoms with E-state index in [0.717, 1.165) is 52.1 Å². The molecule has 3 nitrogen and oxygen atoms in total. The third-order valence-electron chi connectivity index (χ3n) is 5.32. The molecular weight excluding hydrogens is 274 g/mol. The highest BCUT2D eigenvalue weighted by Crippen LogP contribution is 2.37. The summed E-state index contributed by atoms with van der Waals surface area (Å²) >= 11 is 0. The Balaban J connectivity index is 1.52. The largest absolute Gasteiger partial charge is 0.376 e. The second-order valence-corrected chi connectivity index (χ2v) is 6.97. The quantitative estimate of drug-likeness (QED) is 0.850. The van der Waals surface area contributed by atoms with Crippen molar-refractivity contribution in [3.05, 3.63) is 34.9 Å². The van der Waals surface area contributed by atoms with Gasteiger partial charge in [0.05, 0.1) is 18.3 Å². The molecule has 0 amide bonds. The summed E-state index contributed by atoms with van der Waals surface area (Å²) in [6.07, 6.45) is 3.68.